The maximum Gasteiger partial charge on any atom is 0.234 e. The second kappa shape index (κ2) is 7.16. The molecule has 1 aromatic rings. The molecule has 100 valence electrons. The molecule has 2 heterocycles. The zero-order chi connectivity index (χ0) is 12.6. The molecule has 2 N–H and O–H groups in total. The first-order chi connectivity index (χ1) is 8.88. The van der Waals surface area contributed by atoms with E-state index in [-0.39, 0.29) is 0 Å². The maximum absolute atomic E-state index is 5.45. The average Bonchev–Trinajstić information content (AvgIpc) is 2.90. The van der Waals surface area contributed by atoms with Crippen molar-refractivity contribution < 1.29 is 4.74 Å². The molecule has 0 radical (unpaired) electrons. The van der Waals surface area contributed by atoms with E-state index in [2.05, 4.69) is 27.5 Å². The molecule has 1 atom stereocenters. The van der Waals surface area contributed by atoms with Crippen LogP contribution < -0.4 is 15.4 Å². The van der Waals surface area contributed by atoms with Gasteiger partial charge < -0.3 is 15.4 Å². The lowest BCUT2D eigenvalue weighted by atomic mass is 10.1. The fourth-order valence-corrected chi connectivity index (χ4v) is 2.09. The van der Waals surface area contributed by atoms with Crippen LogP contribution in [0.2, 0.25) is 0 Å². The van der Waals surface area contributed by atoms with E-state index in [4.69, 9.17) is 4.74 Å². The second-order valence-corrected chi connectivity index (χ2v) is 4.60. The summed E-state index contributed by atoms with van der Waals surface area (Å²) in [5.41, 5.74) is 0. The third-order valence-corrected chi connectivity index (χ3v) is 3.03. The SMILES string of the molecule is CCCOc1cncc(NCC[C@H]2CCCN2)n1. The van der Waals surface area contributed by atoms with Crippen LogP contribution in [0.3, 0.4) is 0 Å². The van der Waals surface area contributed by atoms with Crippen LogP contribution in [0.4, 0.5) is 5.82 Å². The van der Waals surface area contributed by atoms with Crippen LogP contribution in [0.1, 0.15) is 32.6 Å². The molecule has 1 fully saturated rings. The number of rotatable bonds is 7. The van der Waals surface area contributed by atoms with Crippen LogP contribution in [-0.2, 0) is 0 Å². The van der Waals surface area contributed by atoms with E-state index < -0.39 is 0 Å². The zero-order valence-corrected chi connectivity index (χ0v) is 11.0. The van der Waals surface area contributed by atoms with Gasteiger partial charge in [-0.1, -0.05) is 6.92 Å². The standard InChI is InChI=1S/C13H22N4O/c1-2-8-18-13-10-14-9-12(17-13)16-7-5-11-4-3-6-15-11/h9-11,15H,2-8H2,1H3,(H,16,17)/t11-/m1/s1. The minimum atomic E-state index is 0.598. The van der Waals surface area contributed by atoms with E-state index in [0.717, 1.165) is 31.7 Å². The molecule has 0 spiro atoms. The molecule has 1 aromatic heterocycles. The molecular weight excluding hydrogens is 228 g/mol. The molecule has 5 heteroatoms. The van der Waals surface area contributed by atoms with E-state index in [9.17, 15) is 0 Å². The molecule has 0 unspecified atom stereocenters. The van der Waals surface area contributed by atoms with Gasteiger partial charge in [-0.05, 0) is 32.2 Å². The summed E-state index contributed by atoms with van der Waals surface area (Å²) in [5, 5.41) is 6.78. The van der Waals surface area contributed by atoms with Crippen molar-refractivity contribution in [3.63, 3.8) is 0 Å². The summed E-state index contributed by atoms with van der Waals surface area (Å²) < 4.78 is 5.45. The van der Waals surface area contributed by atoms with Crippen LogP contribution in [0.5, 0.6) is 5.88 Å². The molecule has 0 amide bonds. The minimum Gasteiger partial charge on any atom is -0.477 e. The van der Waals surface area contributed by atoms with Crippen LogP contribution >= 0.6 is 0 Å². The average molecular weight is 250 g/mol. The molecule has 0 saturated carbocycles. The Morgan fingerprint density at radius 2 is 2.44 bits per heavy atom. The Balaban J connectivity index is 1.74. The second-order valence-electron chi connectivity index (χ2n) is 4.60. The van der Waals surface area contributed by atoms with Crippen molar-refractivity contribution in [2.24, 2.45) is 0 Å². The van der Waals surface area contributed by atoms with Crippen molar-refractivity contribution in [2.75, 3.05) is 25.0 Å². The quantitative estimate of drug-likeness (QED) is 0.773. The van der Waals surface area contributed by atoms with Gasteiger partial charge in [0.05, 0.1) is 19.0 Å². The Kier molecular flexibility index (Phi) is 5.20. The minimum absolute atomic E-state index is 0.598. The first-order valence-corrected chi connectivity index (χ1v) is 6.80. The van der Waals surface area contributed by atoms with E-state index in [0.29, 0.717) is 18.5 Å². The molecular formula is C13H22N4O. The number of anilines is 1. The number of nitrogens with zero attached hydrogens (tertiary/aromatic N) is 2. The van der Waals surface area contributed by atoms with Crippen LogP contribution in [0, 0.1) is 0 Å². The highest BCUT2D eigenvalue weighted by Gasteiger charge is 2.12. The van der Waals surface area contributed by atoms with Gasteiger partial charge in [-0.3, -0.25) is 4.98 Å². The van der Waals surface area contributed by atoms with Gasteiger partial charge in [0.1, 0.15) is 5.82 Å². The lowest BCUT2D eigenvalue weighted by molar-refractivity contribution is 0.304. The highest BCUT2D eigenvalue weighted by Crippen LogP contribution is 2.11. The summed E-state index contributed by atoms with van der Waals surface area (Å²) in [4.78, 5) is 8.48. The Bertz CT molecular complexity index is 353. The molecule has 0 bridgehead atoms. The summed E-state index contributed by atoms with van der Waals surface area (Å²) in [7, 11) is 0. The molecule has 0 aromatic carbocycles. The summed E-state index contributed by atoms with van der Waals surface area (Å²) in [5.74, 6) is 1.39. The predicted molar refractivity (Wildman–Crippen MR) is 71.9 cm³/mol. The monoisotopic (exact) mass is 250 g/mol. The first-order valence-electron chi connectivity index (χ1n) is 6.80. The number of ether oxygens (including phenoxy) is 1. The van der Waals surface area contributed by atoms with Crippen molar-refractivity contribution >= 4 is 5.82 Å². The van der Waals surface area contributed by atoms with Gasteiger partial charge in [-0.2, -0.15) is 4.98 Å². The third kappa shape index (κ3) is 4.14. The van der Waals surface area contributed by atoms with Crippen molar-refractivity contribution in [2.45, 2.75) is 38.6 Å². The van der Waals surface area contributed by atoms with E-state index in [1.807, 2.05) is 0 Å². The third-order valence-electron chi connectivity index (χ3n) is 3.03. The molecule has 1 saturated heterocycles. The van der Waals surface area contributed by atoms with E-state index >= 15 is 0 Å². The fourth-order valence-electron chi connectivity index (χ4n) is 2.09. The lowest BCUT2D eigenvalue weighted by Gasteiger charge is -2.11. The number of hydrogen-bond donors (Lipinski definition) is 2. The summed E-state index contributed by atoms with van der Waals surface area (Å²) in [6, 6.07) is 0.657. The van der Waals surface area contributed by atoms with Crippen molar-refractivity contribution in [3.05, 3.63) is 12.4 Å². The highest BCUT2D eigenvalue weighted by atomic mass is 16.5. The molecule has 2 rings (SSSR count). The lowest BCUT2D eigenvalue weighted by Crippen LogP contribution is -2.24. The zero-order valence-electron chi connectivity index (χ0n) is 11.0. The summed E-state index contributed by atoms with van der Waals surface area (Å²) in [6.45, 7) is 4.84. The Hall–Kier alpha value is -1.36. The Morgan fingerprint density at radius 3 is 3.22 bits per heavy atom. The number of nitrogens with one attached hydrogen (secondary N) is 2. The summed E-state index contributed by atoms with van der Waals surface area (Å²) in [6.07, 6.45) is 8.08. The van der Waals surface area contributed by atoms with E-state index in [1.165, 1.54) is 12.8 Å². The predicted octanol–water partition coefficient (Wildman–Crippen LogP) is 1.82. The molecule has 1 aliphatic rings. The molecule has 5 nitrogen and oxygen atoms in total. The van der Waals surface area contributed by atoms with Gasteiger partial charge in [0.25, 0.3) is 0 Å². The van der Waals surface area contributed by atoms with Gasteiger partial charge in [-0.25, -0.2) is 0 Å². The van der Waals surface area contributed by atoms with Crippen molar-refractivity contribution in [1.82, 2.24) is 15.3 Å². The first kappa shape index (κ1) is 13.1. The summed E-state index contributed by atoms with van der Waals surface area (Å²) >= 11 is 0. The Labute approximate surface area is 108 Å². The highest BCUT2D eigenvalue weighted by molar-refractivity contribution is 5.33. The van der Waals surface area contributed by atoms with Crippen molar-refractivity contribution in [3.8, 4) is 5.88 Å². The largest absolute Gasteiger partial charge is 0.477 e. The van der Waals surface area contributed by atoms with Crippen LogP contribution in [0.15, 0.2) is 12.4 Å². The smallest absolute Gasteiger partial charge is 0.234 e. The van der Waals surface area contributed by atoms with Crippen molar-refractivity contribution in [1.29, 1.82) is 0 Å². The van der Waals surface area contributed by atoms with Gasteiger partial charge in [-0.15, -0.1) is 0 Å². The van der Waals surface area contributed by atoms with Gasteiger partial charge in [0.15, 0.2) is 0 Å². The van der Waals surface area contributed by atoms with E-state index in [1.54, 1.807) is 12.4 Å². The van der Waals surface area contributed by atoms with Crippen LogP contribution in [-0.4, -0.2) is 35.7 Å². The molecule has 0 aliphatic carbocycles. The van der Waals surface area contributed by atoms with Gasteiger partial charge in [0.2, 0.25) is 5.88 Å². The van der Waals surface area contributed by atoms with Gasteiger partial charge >= 0.3 is 0 Å². The number of hydrogen-bond acceptors (Lipinski definition) is 5. The van der Waals surface area contributed by atoms with Gasteiger partial charge in [0, 0.05) is 12.6 Å². The molecule has 18 heavy (non-hydrogen) atoms. The van der Waals surface area contributed by atoms with Crippen LogP contribution in [0.25, 0.3) is 0 Å². The molecule has 1 aliphatic heterocycles. The number of aromatic nitrogens is 2. The topological polar surface area (TPSA) is 59.1 Å². The maximum atomic E-state index is 5.45. The normalized spacial score (nSPS) is 18.8. The fraction of sp³-hybridized carbons (Fsp3) is 0.692. The Morgan fingerprint density at radius 1 is 1.50 bits per heavy atom.